The highest BCUT2D eigenvalue weighted by Gasteiger charge is 2.29. The lowest BCUT2D eigenvalue weighted by Crippen LogP contribution is -2.17. The molecule has 31 heavy (non-hydrogen) atoms. The normalized spacial score (nSPS) is 12.6. The second kappa shape index (κ2) is 6.91. The number of hydrogen-bond acceptors (Lipinski definition) is 5. The third-order valence-electron chi connectivity index (χ3n) is 5.79. The van der Waals surface area contributed by atoms with E-state index in [1.54, 1.807) is 18.6 Å². The minimum Gasteiger partial charge on any atom is -0.448 e. The van der Waals surface area contributed by atoms with Gasteiger partial charge in [0, 0.05) is 29.3 Å². The maximum Gasteiger partial charge on any atom is 0.419 e. The zero-order valence-corrected chi connectivity index (χ0v) is 16.4. The molecule has 150 valence electrons. The second-order valence-electron chi connectivity index (χ2n) is 7.44. The van der Waals surface area contributed by atoms with E-state index in [1.165, 1.54) is 33.1 Å². The molecule has 0 amide bonds. The summed E-state index contributed by atoms with van der Waals surface area (Å²) in [6.07, 6.45) is 6.09. The van der Waals surface area contributed by atoms with Crippen LogP contribution in [0.3, 0.4) is 0 Å². The molecule has 0 radical (unpaired) electrons. The van der Waals surface area contributed by atoms with E-state index >= 15 is 0 Å². The number of fused-ring (bicyclic) bond motifs is 4. The van der Waals surface area contributed by atoms with Crippen LogP contribution in [0.15, 0.2) is 79.5 Å². The summed E-state index contributed by atoms with van der Waals surface area (Å²) >= 11 is 0. The molecule has 0 saturated carbocycles. The summed E-state index contributed by atoms with van der Waals surface area (Å²) < 4.78 is 7.19. The van der Waals surface area contributed by atoms with Crippen LogP contribution < -0.4 is 0 Å². The molecule has 3 aromatic heterocycles. The Kier molecular flexibility index (Phi) is 3.92. The summed E-state index contributed by atoms with van der Waals surface area (Å²) in [6, 6.07) is 18.4. The molecule has 1 N–H and O–H groups in total. The summed E-state index contributed by atoms with van der Waals surface area (Å²) in [7, 11) is 0. The molecule has 0 unspecified atom stereocenters. The molecule has 0 aliphatic heterocycles. The zero-order valence-electron chi connectivity index (χ0n) is 16.4. The van der Waals surface area contributed by atoms with Crippen LogP contribution >= 0.6 is 0 Å². The number of benzene rings is 2. The van der Waals surface area contributed by atoms with Crippen LogP contribution in [0, 0.1) is 0 Å². The van der Waals surface area contributed by atoms with E-state index in [9.17, 15) is 4.79 Å². The molecule has 2 aromatic carbocycles. The van der Waals surface area contributed by atoms with Crippen molar-refractivity contribution in [2.45, 2.75) is 5.92 Å². The molecule has 6 rings (SSSR count). The Balaban J connectivity index is 1.30. The standard InChI is InChI=1S/C24H17N5O2/c30-24(29-10-9-20-22(15-11-27-28-12-15)25-14-26-23(20)29)31-13-21-18-7-3-1-5-16(18)17-6-2-4-8-19(17)21/h1-12,14,21H,13H2,(H,27,28). The molecule has 1 aliphatic carbocycles. The minimum atomic E-state index is -0.464. The summed E-state index contributed by atoms with van der Waals surface area (Å²) in [6.45, 7) is 0.256. The lowest BCUT2D eigenvalue weighted by molar-refractivity contribution is 0.145. The van der Waals surface area contributed by atoms with E-state index in [4.69, 9.17) is 4.74 Å². The predicted molar refractivity (Wildman–Crippen MR) is 116 cm³/mol. The van der Waals surface area contributed by atoms with Crippen molar-refractivity contribution in [3.63, 3.8) is 0 Å². The number of nitrogens with one attached hydrogen (secondary N) is 1. The Bertz CT molecular complexity index is 1380. The van der Waals surface area contributed by atoms with Crippen LogP contribution in [-0.4, -0.2) is 37.4 Å². The molecule has 3 heterocycles. The quantitative estimate of drug-likeness (QED) is 0.472. The number of carbonyl (C=O) groups is 1. The van der Waals surface area contributed by atoms with E-state index < -0.39 is 6.09 Å². The van der Waals surface area contributed by atoms with Crippen molar-refractivity contribution in [2.75, 3.05) is 6.61 Å². The van der Waals surface area contributed by atoms with E-state index in [2.05, 4.69) is 44.4 Å². The molecule has 0 bridgehead atoms. The van der Waals surface area contributed by atoms with Crippen molar-refractivity contribution in [3.05, 3.63) is 90.6 Å². The lowest BCUT2D eigenvalue weighted by Gasteiger charge is -2.14. The number of ether oxygens (including phenoxy) is 1. The molecule has 0 saturated heterocycles. The smallest absolute Gasteiger partial charge is 0.419 e. The topological polar surface area (TPSA) is 85.7 Å². The Labute approximate surface area is 177 Å². The van der Waals surface area contributed by atoms with Gasteiger partial charge in [-0.25, -0.2) is 19.3 Å². The van der Waals surface area contributed by atoms with Crippen molar-refractivity contribution in [3.8, 4) is 22.4 Å². The van der Waals surface area contributed by atoms with Crippen molar-refractivity contribution in [1.82, 2.24) is 24.7 Å². The number of nitrogens with zero attached hydrogens (tertiary/aromatic N) is 4. The van der Waals surface area contributed by atoms with Gasteiger partial charge in [0.15, 0.2) is 5.65 Å². The van der Waals surface area contributed by atoms with Crippen LogP contribution in [0.1, 0.15) is 17.0 Å². The number of carbonyl (C=O) groups excluding carboxylic acids is 1. The van der Waals surface area contributed by atoms with E-state index in [-0.39, 0.29) is 12.5 Å². The maximum absolute atomic E-state index is 13.0. The molecule has 7 heteroatoms. The molecular formula is C24H17N5O2. The van der Waals surface area contributed by atoms with Gasteiger partial charge in [-0.15, -0.1) is 0 Å². The average molecular weight is 407 g/mol. The van der Waals surface area contributed by atoms with Gasteiger partial charge < -0.3 is 4.74 Å². The van der Waals surface area contributed by atoms with Gasteiger partial charge in [-0.2, -0.15) is 5.10 Å². The van der Waals surface area contributed by atoms with Crippen LogP contribution in [0.25, 0.3) is 33.4 Å². The number of hydrogen-bond donors (Lipinski definition) is 1. The monoisotopic (exact) mass is 407 g/mol. The molecular weight excluding hydrogens is 390 g/mol. The number of H-pyrrole nitrogens is 1. The number of aromatic nitrogens is 5. The molecule has 5 aromatic rings. The summed E-state index contributed by atoms with van der Waals surface area (Å²) in [5, 5.41) is 7.52. The van der Waals surface area contributed by atoms with Gasteiger partial charge in [0.25, 0.3) is 0 Å². The number of rotatable bonds is 3. The van der Waals surface area contributed by atoms with Crippen LogP contribution in [0.4, 0.5) is 4.79 Å². The van der Waals surface area contributed by atoms with Crippen molar-refractivity contribution < 1.29 is 9.53 Å². The first-order chi connectivity index (χ1) is 15.3. The average Bonchev–Trinajstić information content (AvgIpc) is 3.55. The van der Waals surface area contributed by atoms with Gasteiger partial charge in [-0.1, -0.05) is 48.5 Å². The van der Waals surface area contributed by atoms with Gasteiger partial charge >= 0.3 is 6.09 Å². The molecule has 0 atom stereocenters. The highest BCUT2D eigenvalue weighted by atomic mass is 16.5. The summed E-state index contributed by atoms with van der Waals surface area (Å²) in [5.74, 6) is 0.00861. The third-order valence-corrected chi connectivity index (χ3v) is 5.79. The zero-order chi connectivity index (χ0) is 20.8. The van der Waals surface area contributed by atoms with Gasteiger partial charge in [-0.05, 0) is 28.3 Å². The highest BCUT2D eigenvalue weighted by Crippen LogP contribution is 2.44. The third kappa shape index (κ3) is 2.74. The Morgan fingerprint density at radius 3 is 2.45 bits per heavy atom. The van der Waals surface area contributed by atoms with Crippen molar-refractivity contribution >= 4 is 17.1 Å². The van der Waals surface area contributed by atoms with Gasteiger partial charge in [0.2, 0.25) is 0 Å². The van der Waals surface area contributed by atoms with Gasteiger partial charge in [0.05, 0.1) is 11.9 Å². The fraction of sp³-hybridized carbons (Fsp3) is 0.0833. The summed E-state index contributed by atoms with van der Waals surface area (Å²) in [4.78, 5) is 21.6. The van der Waals surface area contributed by atoms with Gasteiger partial charge in [-0.3, -0.25) is 5.10 Å². The Hall–Kier alpha value is -4.26. The second-order valence-corrected chi connectivity index (χ2v) is 7.44. The summed E-state index contributed by atoms with van der Waals surface area (Å²) in [5.41, 5.74) is 6.80. The minimum absolute atomic E-state index is 0.00861. The molecule has 0 fully saturated rings. The van der Waals surface area contributed by atoms with Crippen LogP contribution in [0.5, 0.6) is 0 Å². The predicted octanol–water partition coefficient (Wildman–Crippen LogP) is 4.62. The fourth-order valence-electron chi connectivity index (χ4n) is 4.37. The maximum atomic E-state index is 13.0. The van der Waals surface area contributed by atoms with E-state index in [0.29, 0.717) is 11.3 Å². The van der Waals surface area contributed by atoms with Gasteiger partial charge in [0.1, 0.15) is 12.9 Å². The van der Waals surface area contributed by atoms with E-state index in [0.717, 1.165) is 10.9 Å². The molecule has 0 spiro atoms. The highest BCUT2D eigenvalue weighted by molar-refractivity contribution is 5.95. The van der Waals surface area contributed by atoms with Crippen molar-refractivity contribution in [1.29, 1.82) is 0 Å². The number of aromatic amines is 1. The SMILES string of the molecule is O=C(OCC1c2ccccc2-c2ccccc21)n1ccc2c(-c3cn[nH]c3)ncnc21. The Morgan fingerprint density at radius 2 is 1.74 bits per heavy atom. The van der Waals surface area contributed by atoms with Crippen LogP contribution in [0.2, 0.25) is 0 Å². The Morgan fingerprint density at radius 1 is 1.00 bits per heavy atom. The fourth-order valence-corrected chi connectivity index (χ4v) is 4.37. The van der Waals surface area contributed by atoms with Crippen molar-refractivity contribution in [2.24, 2.45) is 0 Å². The van der Waals surface area contributed by atoms with Crippen LogP contribution in [-0.2, 0) is 4.74 Å². The molecule has 7 nitrogen and oxygen atoms in total. The molecule has 1 aliphatic rings. The lowest BCUT2D eigenvalue weighted by atomic mass is 9.98. The first-order valence-corrected chi connectivity index (χ1v) is 9.98. The van der Waals surface area contributed by atoms with E-state index in [1.807, 2.05) is 30.3 Å². The first-order valence-electron chi connectivity index (χ1n) is 9.98. The largest absolute Gasteiger partial charge is 0.448 e. The first kappa shape index (κ1) is 17.6.